The summed E-state index contributed by atoms with van der Waals surface area (Å²) < 4.78 is 0. The van der Waals surface area contributed by atoms with Crippen LogP contribution < -0.4 is 5.32 Å². The lowest BCUT2D eigenvalue weighted by Gasteiger charge is -2.38. The molecule has 0 aliphatic carbocycles. The van der Waals surface area contributed by atoms with Crippen molar-refractivity contribution in [2.45, 2.75) is 52.5 Å². The predicted molar refractivity (Wildman–Crippen MR) is 91.5 cm³/mol. The summed E-state index contributed by atoms with van der Waals surface area (Å²) in [6.07, 6.45) is 5.13. The Bertz CT molecular complexity index is 399. The van der Waals surface area contributed by atoms with Crippen molar-refractivity contribution in [2.24, 2.45) is 5.41 Å². The summed E-state index contributed by atoms with van der Waals surface area (Å²) in [5.41, 5.74) is 1.93. The molecule has 1 fully saturated rings. The van der Waals surface area contributed by atoms with Crippen molar-refractivity contribution in [1.29, 1.82) is 0 Å². The number of nitrogens with zero attached hydrogens (tertiary/aromatic N) is 1. The molecule has 1 aromatic rings. The highest BCUT2D eigenvalue weighted by molar-refractivity contribution is 5.18. The Labute approximate surface area is 130 Å². The summed E-state index contributed by atoms with van der Waals surface area (Å²) in [5, 5.41) is 3.72. The van der Waals surface area contributed by atoms with Gasteiger partial charge in [0.2, 0.25) is 0 Å². The second kappa shape index (κ2) is 7.95. The molecule has 2 rings (SSSR count). The van der Waals surface area contributed by atoms with Crippen LogP contribution in [0.1, 0.15) is 58.1 Å². The standard InChI is InChI=1S/C19H32N2/c1-4-13-20-18(17-9-6-5-7-10-17)11-15-21-14-8-12-19(2,3)16-21/h5-7,9-10,18,20H,4,8,11-16H2,1-3H3. The first kappa shape index (κ1) is 16.5. The van der Waals surface area contributed by atoms with E-state index in [1.807, 2.05) is 0 Å². The number of piperidine rings is 1. The molecule has 0 radical (unpaired) electrons. The van der Waals surface area contributed by atoms with Gasteiger partial charge in [-0.05, 0) is 56.3 Å². The molecule has 0 amide bonds. The zero-order valence-corrected chi connectivity index (χ0v) is 14.1. The van der Waals surface area contributed by atoms with Gasteiger partial charge in [-0.15, -0.1) is 0 Å². The normalized spacial score (nSPS) is 20.3. The molecule has 1 aliphatic heterocycles. The molecule has 1 aromatic carbocycles. The molecule has 1 saturated heterocycles. The topological polar surface area (TPSA) is 15.3 Å². The van der Waals surface area contributed by atoms with Crippen molar-refractivity contribution in [1.82, 2.24) is 10.2 Å². The van der Waals surface area contributed by atoms with Crippen LogP contribution in [0.3, 0.4) is 0 Å². The Morgan fingerprint density at radius 2 is 2.00 bits per heavy atom. The lowest BCUT2D eigenvalue weighted by molar-refractivity contribution is 0.113. The van der Waals surface area contributed by atoms with Crippen LogP contribution >= 0.6 is 0 Å². The van der Waals surface area contributed by atoms with Crippen LogP contribution in [0.2, 0.25) is 0 Å². The minimum Gasteiger partial charge on any atom is -0.310 e. The van der Waals surface area contributed by atoms with Gasteiger partial charge in [0.15, 0.2) is 0 Å². The van der Waals surface area contributed by atoms with Crippen LogP contribution in [-0.2, 0) is 0 Å². The highest BCUT2D eigenvalue weighted by Gasteiger charge is 2.26. The van der Waals surface area contributed by atoms with Gasteiger partial charge in [-0.3, -0.25) is 0 Å². The van der Waals surface area contributed by atoms with Gasteiger partial charge in [0.05, 0.1) is 0 Å². The van der Waals surface area contributed by atoms with Gasteiger partial charge in [0.1, 0.15) is 0 Å². The van der Waals surface area contributed by atoms with Gasteiger partial charge >= 0.3 is 0 Å². The molecule has 1 heterocycles. The van der Waals surface area contributed by atoms with Gasteiger partial charge in [-0.1, -0.05) is 51.1 Å². The van der Waals surface area contributed by atoms with E-state index in [0.717, 1.165) is 6.54 Å². The molecule has 118 valence electrons. The van der Waals surface area contributed by atoms with Crippen LogP contribution in [0.25, 0.3) is 0 Å². The van der Waals surface area contributed by atoms with E-state index < -0.39 is 0 Å². The van der Waals surface area contributed by atoms with Crippen molar-refractivity contribution in [3.63, 3.8) is 0 Å². The second-order valence-electron chi connectivity index (χ2n) is 7.25. The Morgan fingerprint density at radius 1 is 1.24 bits per heavy atom. The SMILES string of the molecule is CCCNC(CCN1CCCC(C)(C)C1)c1ccccc1. The fourth-order valence-electron chi connectivity index (χ4n) is 3.44. The van der Waals surface area contributed by atoms with Gasteiger partial charge in [0, 0.05) is 12.6 Å². The number of likely N-dealkylation sites (tertiary alicyclic amines) is 1. The third-order valence-electron chi connectivity index (χ3n) is 4.56. The molecule has 0 bridgehead atoms. The summed E-state index contributed by atoms with van der Waals surface area (Å²) in [4.78, 5) is 2.66. The molecule has 1 atom stereocenters. The molecule has 0 aromatic heterocycles. The van der Waals surface area contributed by atoms with Crippen molar-refractivity contribution < 1.29 is 0 Å². The third kappa shape index (κ3) is 5.44. The molecule has 2 heteroatoms. The van der Waals surface area contributed by atoms with E-state index in [1.54, 1.807) is 0 Å². The first-order valence-corrected chi connectivity index (χ1v) is 8.61. The van der Waals surface area contributed by atoms with E-state index >= 15 is 0 Å². The number of nitrogens with one attached hydrogen (secondary N) is 1. The van der Waals surface area contributed by atoms with E-state index in [9.17, 15) is 0 Å². The van der Waals surface area contributed by atoms with E-state index in [2.05, 4.69) is 61.3 Å². The molecule has 1 unspecified atom stereocenters. The molecule has 1 N–H and O–H groups in total. The molecule has 21 heavy (non-hydrogen) atoms. The highest BCUT2D eigenvalue weighted by Crippen LogP contribution is 2.29. The summed E-state index contributed by atoms with van der Waals surface area (Å²) in [6.45, 7) is 11.9. The van der Waals surface area contributed by atoms with Crippen LogP contribution in [0.5, 0.6) is 0 Å². The Hall–Kier alpha value is -0.860. The predicted octanol–water partition coefficient (Wildman–Crippen LogP) is 4.24. The molecule has 1 aliphatic rings. The van der Waals surface area contributed by atoms with Crippen molar-refractivity contribution >= 4 is 0 Å². The fourth-order valence-corrected chi connectivity index (χ4v) is 3.44. The third-order valence-corrected chi connectivity index (χ3v) is 4.56. The molecular formula is C19H32N2. The fraction of sp³-hybridized carbons (Fsp3) is 0.684. The lowest BCUT2D eigenvalue weighted by atomic mass is 9.84. The zero-order chi connectivity index (χ0) is 15.1. The molecular weight excluding hydrogens is 256 g/mol. The maximum atomic E-state index is 3.72. The van der Waals surface area contributed by atoms with Crippen LogP contribution in [0, 0.1) is 5.41 Å². The maximum absolute atomic E-state index is 3.72. The van der Waals surface area contributed by atoms with Gasteiger partial charge in [-0.25, -0.2) is 0 Å². The smallest absolute Gasteiger partial charge is 0.0332 e. The van der Waals surface area contributed by atoms with Crippen LogP contribution in [0.15, 0.2) is 30.3 Å². The minimum atomic E-state index is 0.496. The van der Waals surface area contributed by atoms with E-state index in [-0.39, 0.29) is 0 Å². The second-order valence-corrected chi connectivity index (χ2v) is 7.25. The molecule has 0 spiro atoms. The summed E-state index contributed by atoms with van der Waals surface area (Å²) in [5.74, 6) is 0. The average Bonchev–Trinajstić information content (AvgIpc) is 2.47. The van der Waals surface area contributed by atoms with Crippen LogP contribution in [-0.4, -0.2) is 31.1 Å². The van der Waals surface area contributed by atoms with Gasteiger partial charge in [-0.2, -0.15) is 0 Å². The quantitative estimate of drug-likeness (QED) is 0.807. The molecule has 0 saturated carbocycles. The Balaban J connectivity index is 1.90. The first-order chi connectivity index (χ1) is 10.1. The number of hydrogen-bond donors (Lipinski definition) is 1. The monoisotopic (exact) mass is 288 g/mol. The molecule has 2 nitrogen and oxygen atoms in total. The van der Waals surface area contributed by atoms with Gasteiger partial charge < -0.3 is 10.2 Å². The zero-order valence-electron chi connectivity index (χ0n) is 14.1. The average molecular weight is 288 g/mol. The number of rotatable bonds is 7. The van der Waals surface area contributed by atoms with Gasteiger partial charge in [0.25, 0.3) is 0 Å². The van der Waals surface area contributed by atoms with Crippen molar-refractivity contribution in [2.75, 3.05) is 26.2 Å². The summed E-state index contributed by atoms with van der Waals surface area (Å²) in [7, 11) is 0. The summed E-state index contributed by atoms with van der Waals surface area (Å²) >= 11 is 0. The van der Waals surface area contributed by atoms with E-state index in [0.29, 0.717) is 11.5 Å². The van der Waals surface area contributed by atoms with Crippen molar-refractivity contribution in [3.8, 4) is 0 Å². The number of hydrogen-bond acceptors (Lipinski definition) is 2. The van der Waals surface area contributed by atoms with E-state index in [1.165, 1.54) is 50.9 Å². The summed E-state index contributed by atoms with van der Waals surface area (Å²) in [6, 6.07) is 11.4. The van der Waals surface area contributed by atoms with Crippen LogP contribution in [0.4, 0.5) is 0 Å². The number of benzene rings is 1. The first-order valence-electron chi connectivity index (χ1n) is 8.61. The maximum Gasteiger partial charge on any atom is 0.0332 e. The van der Waals surface area contributed by atoms with Crippen molar-refractivity contribution in [3.05, 3.63) is 35.9 Å². The Morgan fingerprint density at radius 3 is 2.67 bits per heavy atom. The van der Waals surface area contributed by atoms with E-state index in [4.69, 9.17) is 0 Å². The largest absolute Gasteiger partial charge is 0.310 e. The lowest BCUT2D eigenvalue weighted by Crippen LogP contribution is -2.41. The highest BCUT2D eigenvalue weighted by atomic mass is 15.1. The minimum absolute atomic E-state index is 0.496. The Kier molecular flexibility index (Phi) is 6.25.